The minimum absolute atomic E-state index is 1.04. The summed E-state index contributed by atoms with van der Waals surface area (Å²) in [5.41, 5.74) is 4.54. The molecule has 1 aliphatic rings. The van der Waals surface area contributed by atoms with Crippen molar-refractivity contribution in [3.8, 4) is 0 Å². The Morgan fingerprint density at radius 1 is 0.941 bits per heavy atom. The van der Waals surface area contributed by atoms with Gasteiger partial charge >= 0.3 is 0 Å². The molecule has 0 saturated carbocycles. The minimum atomic E-state index is 1.04. The van der Waals surface area contributed by atoms with Crippen molar-refractivity contribution in [3.05, 3.63) is 30.1 Å². The number of rotatable bonds is 1. The standard InChI is InChI=1S/C14H17N3/c1-11-5-6-12(17-9-3-2-4-10-17)14-13(11)15-7-8-16-14/h5-8H,2-4,9-10H2,1H3. The summed E-state index contributed by atoms with van der Waals surface area (Å²) in [5, 5.41) is 0. The maximum Gasteiger partial charge on any atom is 0.112 e. The summed E-state index contributed by atoms with van der Waals surface area (Å²) in [5.74, 6) is 0. The number of aryl methyl sites for hydroxylation is 1. The molecule has 0 amide bonds. The van der Waals surface area contributed by atoms with Gasteiger partial charge in [0.2, 0.25) is 0 Å². The topological polar surface area (TPSA) is 29.0 Å². The van der Waals surface area contributed by atoms with Crippen LogP contribution in [-0.2, 0) is 0 Å². The van der Waals surface area contributed by atoms with Crippen LogP contribution in [0.15, 0.2) is 24.5 Å². The number of aromatic nitrogens is 2. The molecule has 2 aromatic rings. The van der Waals surface area contributed by atoms with Gasteiger partial charge in [0.1, 0.15) is 5.52 Å². The highest BCUT2D eigenvalue weighted by atomic mass is 15.1. The molecule has 0 atom stereocenters. The van der Waals surface area contributed by atoms with Gasteiger partial charge in [-0.3, -0.25) is 9.97 Å². The molecular formula is C14H17N3. The predicted octanol–water partition coefficient (Wildman–Crippen LogP) is 2.93. The Kier molecular flexibility index (Phi) is 2.67. The molecule has 1 aromatic carbocycles. The lowest BCUT2D eigenvalue weighted by atomic mass is 10.1. The Morgan fingerprint density at radius 3 is 2.41 bits per heavy atom. The quantitative estimate of drug-likeness (QED) is 0.750. The summed E-state index contributed by atoms with van der Waals surface area (Å²) in [7, 11) is 0. The highest BCUT2D eigenvalue weighted by Crippen LogP contribution is 2.28. The second-order valence-corrected chi connectivity index (χ2v) is 4.70. The maximum absolute atomic E-state index is 4.51. The average molecular weight is 227 g/mol. The fourth-order valence-electron chi connectivity index (χ4n) is 2.57. The van der Waals surface area contributed by atoms with Crippen LogP contribution >= 0.6 is 0 Å². The summed E-state index contributed by atoms with van der Waals surface area (Å²) in [4.78, 5) is 11.4. The number of fused-ring (bicyclic) bond motifs is 1. The molecule has 3 nitrogen and oxygen atoms in total. The zero-order valence-electron chi connectivity index (χ0n) is 10.2. The Bertz CT molecular complexity index is 530. The van der Waals surface area contributed by atoms with Gasteiger partial charge in [0.05, 0.1) is 11.2 Å². The number of benzene rings is 1. The number of hydrogen-bond acceptors (Lipinski definition) is 3. The van der Waals surface area contributed by atoms with Crippen molar-refractivity contribution in [1.29, 1.82) is 0 Å². The van der Waals surface area contributed by atoms with Crippen LogP contribution in [0.25, 0.3) is 11.0 Å². The Labute approximate surface area is 101 Å². The van der Waals surface area contributed by atoms with Gasteiger partial charge in [0, 0.05) is 25.5 Å². The zero-order valence-corrected chi connectivity index (χ0v) is 10.2. The van der Waals surface area contributed by atoms with Crippen LogP contribution in [-0.4, -0.2) is 23.1 Å². The number of nitrogens with zero attached hydrogens (tertiary/aromatic N) is 3. The summed E-state index contributed by atoms with van der Waals surface area (Å²) in [6.45, 7) is 4.39. The van der Waals surface area contributed by atoms with Crippen LogP contribution in [0.1, 0.15) is 24.8 Å². The van der Waals surface area contributed by atoms with Crippen molar-refractivity contribution in [2.24, 2.45) is 0 Å². The molecular weight excluding hydrogens is 210 g/mol. The molecule has 0 aliphatic carbocycles. The average Bonchev–Trinajstić information content (AvgIpc) is 2.41. The highest BCUT2D eigenvalue weighted by molar-refractivity contribution is 5.90. The molecule has 88 valence electrons. The van der Waals surface area contributed by atoms with Crippen molar-refractivity contribution in [3.63, 3.8) is 0 Å². The van der Waals surface area contributed by atoms with Gasteiger partial charge in [-0.15, -0.1) is 0 Å². The zero-order chi connectivity index (χ0) is 11.7. The second kappa shape index (κ2) is 4.32. The summed E-state index contributed by atoms with van der Waals surface area (Å²) in [6.07, 6.45) is 7.49. The molecule has 1 saturated heterocycles. The van der Waals surface area contributed by atoms with Gasteiger partial charge in [0.15, 0.2) is 0 Å². The third-order valence-electron chi connectivity index (χ3n) is 3.50. The van der Waals surface area contributed by atoms with E-state index >= 15 is 0 Å². The van der Waals surface area contributed by atoms with E-state index in [9.17, 15) is 0 Å². The van der Waals surface area contributed by atoms with E-state index in [4.69, 9.17) is 0 Å². The van der Waals surface area contributed by atoms with Gasteiger partial charge < -0.3 is 4.90 Å². The van der Waals surface area contributed by atoms with Gasteiger partial charge in [-0.2, -0.15) is 0 Å². The largest absolute Gasteiger partial charge is 0.370 e. The first-order valence-corrected chi connectivity index (χ1v) is 6.31. The molecule has 3 rings (SSSR count). The van der Waals surface area contributed by atoms with Crippen molar-refractivity contribution >= 4 is 16.7 Å². The normalized spacial score (nSPS) is 16.4. The minimum Gasteiger partial charge on any atom is -0.370 e. The smallest absolute Gasteiger partial charge is 0.112 e. The predicted molar refractivity (Wildman–Crippen MR) is 70.3 cm³/mol. The van der Waals surface area contributed by atoms with E-state index in [-0.39, 0.29) is 0 Å². The first-order valence-electron chi connectivity index (χ1n) is 6.31. The molecule has 2 heterocycles. The third kappa shape index (κ3) is 1.86. The Hall–Kier alpha value is -1.64. The van der Waals surface area contributed by atoms with Crippen LogP contribution in [0.2, 0.25) is 0 Å². The summed E-state index contributed by atoms with van der Waals surface area (Å²) < 4.78 is 0. The van der Waals surface area contributed by atoms with Crippen LogP contribution in [0.5, 0.6) is 0 Å². The molecule has 1 aromatic heterocycles. The number of anilines is 1. The lowest BCUT2D eigenvalue weighted by molar-refractivity contribution is 0.578. The SMILES string of the molecule is Cc1ccc(N2CCCCC2)c2nccnc12. The van der Waals surface area contributed by atoms with Crippen molar-refractivity contribution < 1.29 is 0 Å². The fourth-order valence-corrected chi connectivity index (χ4v) is 2.57. The third-order valence-corrected chi connectivity index (χ3v) is 3.50. The van der Waals surface area contributed by atoms with E-state index in [0.29, 0.717) is 0 Å². The molecule has 0 N–H and O–H groups in total. The van der Waals surface area contributed by atoms with Crippen molar-refractivity contribution in [2.75, 3.05) is 18.0 Å². The van der Waals surface area contributed by atoms with E-state index < -0.39 is 0 Å². The van der Waals surface area contributed by atoms with Gasteiger partial charge in [-0.1, -0.05) is 6.07 Å². The van der Waals surface area contributed by atoms with E-state index in [1.54, 1.807) is 12.4 Å². The molecule has 0 bridgehead atoms. The number of piperidine rings is 1. The summed E-state index contributed by atoms with van der Waals surface area (Å²) >= 11 is 0. The number of hydrogen-bond donors (Lipinski definition) is 0. The molecule has 17 heavy (non-hydrogen) atoms. The molecule has 0 unspecified atom stereocenters. The lowest BCUT2D eigenvalue weighted by Gasteiger charge is -2.29. The highest BCUT2D eigenvalue weighted by Gasteiger charge is 2.15. The molecule has 0 spiro atoms. The van der Waals surface area contributed by atoms with Crippen LogP contribution < -0.4 is 4.90 Å². The van der Waals surface area contributed by atoms with Crippen molar-refractivity contribution in [2.45, 2.75) is 26.2 Å². The Balaban J connectivity index is 2.12. The van der Waals surface area contributed by atoms with Crippen molar-refractivity contribution in [1.82, 2.24) is 9.97 Å². The Morgan fingerprint density at radius 2 is 1.65 bits per heavy atom. The molecule has 1 fully saturated rings. The molecule has 1 aliphatic heterocycles. The summed E-state index contributed by atoms with van der Waals surface area (Å²) in [6, 6.07) is 4.35. The first kappa shape index (κ1) is 10.5. The molecule has 3 heteroatoms. The fraction of sp³-hybridized carbons (Fsp3) is 0.429. The molecule has 0 radical (unpaired) electrons. The van der Waals surface area contributed by atoms with Gasteiger partial charge in [0.25, 0.3) is 0 Å². The van der Waals surface area contributed by atoms with Gasteiger partial charge in [-0.25, -0.2) is 0 Å². The first-order chi connectivity index (χ1) is 8.36. The van der Waals surface area contributed by atoms with E-state index in [0.717, 1.165) is 24.1 Å². The van der Waals surface area contributed by atoms with Crippen LogP contribution in [0.4, 0.5) is 5.69 Å². The maximum atomic E-state index is 4.51. The van der Waals surface area contributed by atoms with Crippen LogP contribution in [0, 0.1) is 6.92 Å². The van der Waals surface area contributed by atoms with Crippen LogP contribution in [0.3, 0.4) is 0 Å². The van der Waals surface area contributed by atoms with Gasteiger partial charge in [-0.05, 0) is 37.8 Å². The van der Waals surface area contributed by atoms with E-state index in [2.05, 4.69) is 33.9 Å². The monoisotopic (exact) mass is 227 g/mol. The van der Waals surface area contributed by atoms with E-state index in [1.165, 1.54) is 30.5 Å². The lowest BCUT2D eigenvalue weighted by Crippen LogP contribution is -2.29. The second-order valence-electron chi connectivity index (χ2n) is 4.70. The van der Waals surface area contributed by atoms with E-state index in [1.807, 2.05) is 0 Å².